The van der Waals surface area contributed by atoms with Crippen molar-refractivity contribution in [1.82, 2.24) is 4.48 Å². The molecule has 0 saturated carbocycles. The van der Waals surface area contributed by atoms with E-state index in [1.807, 2.05) is 12.1 Å². The Kier molecular flexibility index (Phi) is 8.34. The standard InChI is InChI=1S/C31H38BrNO3S/c1-6-33(25-14-16-26(17-15-25)37(34,35)36)19-29(24-11-9-10-23(18-24)21(2)3)31(32)30(20-33)28-13-8-7-12-27(28)22(4)5/h7-18,21-22,29-31H,6,19-20H2,1-5H3/p+1. The highest BCUT2D eigenvalue weighted by Gasteiger charge is 2.47. The number of likely N-dealkylation sites (tertiary alicyclic amines) is 1. The van der Waals surface area contributed by atoms with Crippen molar-refractivity contribution in [3.63, 3.8) is 0 Å². The van der Waals surface area contributed by atoms with E-state index >= 15 is 0 Å². The third-order valence-corrected chi connectivity index (χ3v) is 10.3. The molecular weight excluding hydrogens is 546 g/mol. The quantitative estimate of drug-likeness (QED) is 0.175. The molecular formula is C31H39BrNO3S+. The molecule has 1 fully saturated rings. The first-order valence-electron chi connectivity index (χ1n) is 13.2. The second-order valence-electron chi connectivity index (χ2n) is 11.1. The summed E-state index contributed by atoms with van der Waals surface area (Å²) in [5.74, 6) is 1.39. The maximum atomic E-state index is 11.7. The molecule has 1 heterocycles. The van der Waals surface area contributed by atoms with E-state index in [9.17, 15) is 13.0 Å². The maximum Gasteiger partial charge on any atom is 0.294 e. The number of halogens is 1. The third-order valence-electron chi connectivity index (χ3n) is 8.17. The van der Waals surface area contributed by atoms with Crippen LogP contribution in [0.15, 0.2) is 77.7 Å². The molecule has 1 saturated heterocycles. The monoisotopic (exact) mass is 584 g/mol. The van der Waals surface area contributed by atoms with E-state index in [2.05, 4.69) is 99.1 Å². The molecule has 1 aliphatic heterocycles. The minimum atomic E-state index is -4.24. The summed E-state index contributed by atoms with van der Waals surface area (Å²) in [6.45, 7) is 13.9. The second kappa shape index (κ2) is 11.0. The van der Waals surface area contributed by atoms with Crippen molar-refractivity contribution >= 4 is 31.7 Å². The zero-order valence-electron chi connectivity index (χ0n) is 22.4. The lowest BCUT2D eigenvalue weighted by Crippen LogP contribution is -2.60. The minimum Gasteiger partial charge on any atom is -0.290 e. The van der Waals surface area contributed by atoms with Crippen molar-refractivity contribution in [2.24, 2.45) is 0 Å². The fourth-order valence-corrected chi connectivity index (χ4v) is 7.38. The lowest BCUT2D eigenvalue weighted by atomic mass is 9.76. The molecule has 3 aromatic carbocycles. The highest BCUT2D eigenvalue weighted by Crippen LogP contribution is 2.47. The number of likely N-dealkylation sites (N-methyl/N-ethyl adjacent to an activating group) is 1. The van der Waals surface area contributed by atoms with E-state index in [0.29, 0.717) is 11.8 Å². The normalized spacial score (nSPS) is 24.5. The van der Waals surface area contributed by atoms with Gasteiger partial charge in [-0.3, -0.25) is 9.04 Å². The topological polar surface area (TPSA) is 54.4 Å². The fourth-order valence-electron chi connectivity index (χ4n) is 5.98. The first-order chi connectivity index (χ1) is 17.5. The summed E-state index contributed by atoms with van der Waals surface area (Å²) in [5, 5.41) is 0. The number of rotatable bonds is 7. The van der Waals surface area contributed by atoms with Gasteiger partial charge in [0.05, 0.1) is 24.5 Å². The van der Waals surface area contributed by atoms with Crippen LogP contribution in [-0.4, -0.2) is 37.4 Å². The number of piperidine rings is 1. The average Bonchev–Trinajstić information content (AvgIpc) is 2.88. The first kappa shape index (κ1) is 28.0. The Hall–Kier alpha value is -1.99. The molecule has 0 bridgehead atoms. The summed E-state index contributed by atoms with van der Waals surface area (Å²) >= 11 is 4.21. The molecule has 4 rings (SSSR count). The molecule has 4 atom stereocenters. The number of benzene rings is 3. The fraction of sp³-hybridized carbons (Fsp3) is 0.419. The molecule has 4 nitrogen and oxygen atoms in total. The lowest BCUT2D eigenvalue weighted by molar-refractivity contribution is 0.203. The van der Waals surface area contributed by atoms with E-state index in [1.165, 1.54) is 34.4 Å². The van der Waals surface area contributed by atoms with Gasteiger partial charge in [0.15, 0.2) is 0 Å². The first-order valence-corrected chi connectivity index (χ1v) is 15.6. The number of alkyl halides is 1. The third kappa shape index (κ3) is 5.73. The van der Waals surface area contributed by atoms with Crippen LogP contribution in [0.5, 0.6) is 0 Å². The summed E-state index contributed by atoms with van der Waals surface area (Å²) in [5.41, 5.74) is 6.52. The van der Waals surface area contributed by atoms with Gasteiger partial charge in [0.2, 0.25) is 0 Å². The molecule has 0 aromatic heterocycles. The molecule has 198 valence electrons. The number of nitrogens with zero attached hydrogens (tertiary/aromatic N) is 1. The van der Waals surface area contributed by atoms with E-state index in [4.69, 9.17) is 0 Å². The van der Waals surface area contributed by atoms with Gasteiger partial charge < -0.3 is 0 Å². The maximum absolute atomic E-state index is 11.7. The Balaban J connectivity index is 1.88. The van der Waals surface area contributed by atoms with E-state index in [1.54, 1.807) is 0 Å². The van der Waals surface area contributed by atoms with Gasteiger partial charge in [-0.05, 0) is 53.1 Å². The van der Waals surface area contributed by atoms with Crippen LogP contribution in [0.25, 0.3) is 0 Å². The van der Waals surface area contributed by atoms with Gasteiger partial charge >= 0.3 is 0 Å². The SMILES string of the molecule is CC[N+]1(c2ccc(S(=O)(=O)O)cc2)CC(c2cccc(C(C)C)c2)C(Br)C(c2ccccc2C(C)C)C1. The summed E-state index contributed by atoms with van der Waals surface area (Å²) in [6.07, 6.45) is 0. The largest absolute Gasteiger partial charge is 0.294 e. The Bertz CT molecular complexity index is 1340. The summed E-state index contributed by atoms with van der Waals surface area (Å²) < 4.78 is 33.7. The van der Waals surface area contributed by atoms with Gasteiger partial charge in [-0.2, -0.15) is 8.42 Å². The summed E-state index contributed by atoms with van der Waals surface area (Å²) in [7, 11) is -4.24. The molecule has 37 heavy (non-hydrogen) atoms. The minimum absolute atomic E-state index is 0.0660. The van der Waals surface area contributed by atoms with Crippen LogP contribution in [0.1, 0.15) is 80.5 Å². The predicted molar refractivity (Wildman–Crippen MR) is 158 cm³/mol. The molecule has 0 radical (unpaired) electrons. The smallest absolute Gasteiger partial charge is 0.290 e. The van der Waals surface area contributed by atoms with E-state index in [0.717, 1.165) is 29.8 Å². The van der Waals surface area contributed by atoms with Gasteiger partial charge in [-0.15, -0.1) is 0 Å². The highest BCUT2D eigenvalue weighted by atomic mass is 79.9. The highest BCUT2D eigenvalue weighted by molar-refractivity contribution is 9.09. The molecule has 0 spiro atoms. The predicted octanol–water partition coefficient (Wildman–Crippen LogP) is 7.85. The Morgan fingerprint density at radius 2 is 1.54 bits per heavy atom. The van der Waals surface area contributed by atoms with Crippen LogP contribution < -0.4 is 4.48 Å². The number of hydrogen-bond acceptors (Lipinski definition) is 2. The molecule has 1 aliphatic rings. The van der Waals surface area contributed by atoms with Crippen LogP contribution in [-0.2, 0) is 10.1 Å². The van der Waals surface area contributed by atoms with Gasteiger partial charge in [0.25, 0.3) is 10.1 Å². The molecule has 3 aromatic rings. The van der Waals surface area contributed by atoms with Crippen molar-refractivity contribution in [3.8, 4) is 0 Å². The van der Waals surface area contributed by atoms with Crippen molar-refractivity contribution in [3.05, 3.63) is 95.1 Å². The van der Waals surface area contributed by atoms with Gasteiger partial charge in [0, 0.05) is 28.8 Å². The Morgan fingerprint density at radius 1 is 0.892 bits per heavy atom. The van der Waals surface area contributed by atoms with Gasteiger partial charge in [-0.1, -0.05) is 92.2 Å². The van der Waals surface area contributed by atoms with Crippen molar-refractivity contribution in [2.75, 3.05) is 19.6 Å². The molecule has 0 amide bonds. The van der Waals surface area contributed by atoms with Crippen molar-refractivity contribution in [2.45, 2.75) is 68.0 Å². The zero-order valence-corrected chi connectivity index (χ0v) is 24.8. The lowest BCUT2D eigenvalue weighted by Gasteiger charge is -2.49. The Labute approximate surface area is 231 Å². The zero-order chi connectivity index (χ0) is 27.0. The second-order valence-corrected chi connectivity index (χ2v) is 13.5. The average molecular weight is 586 g/mol. The molecule has 4 unspecified atom stereocenters. The van der Waals surface area contributed by atoms with E-state index in [-0.39, 0.29) is 21.6 Å². The van der Waals surface area contributed by atoms with E-state index < -0.39 is 10.1 Å². The van der Waals surface area contributed by atoms with Crippen LogP contribution in [0.2, 0.25) is 0 Å². The Morgan fingerprint density at radius 3 is 2.14 bits per heavy atom. The number of hydrogen-bond donors (Lipinski definition) is 1. The van der Waals surface area contributed by atoms with Crippen molar-refractivity contribution in [1.29, 1.82) is 0 Å². The molecule has 6 heteroatoms. The van der Waals surface area contributed by atoms with Crippen LogP contribution in [0.4, 0.5) is 5.69 Å². The summed E-state index contributed by atoms with van der Waals surface area (Å²) in [4.78, 5) is 0.188. The van der Waals surface area contributed by atoms with Crippen molar-refractivity contribution < 1.29 is 13.0 Å². The number of quaternary nitrogens is 1. The van der Waals surface area contributed by atoms with Crippen LogP contribution in [0, 0.1) is 0 Å². The van der Waals surface area contributed by atoms with Crippen LogP contribution in [0.3, 0.4) is 0 Å². The molecule has 1 N–H and O–H groups in total. The van der Waals surface area contributed by atoms with Gasteiger partial charge in [-0.25, -0.2) is 0 Å². The summed E-state index contributed by atoms with van der Waals surface area (Å²) in [6, 6.07) is 24.7. The molecule has 0 aliphatic carbocycles. The van der Waals surface area contributed by atoms with Crippen LogP contribution >= 0.6 is 15.9 Å². The van der Waals surface area contributed by atoms with Gasteiger partial charge in [0.1, 0.15) is 5.69 Å².